The molecule has 2 aliphatic rings. The lowest BCUT2D eigenvalue weighted by Crippen LogP contribution is -2.33. The fraction of sp³-hybridized carbons (Fsp3) is 0.529. The highest BCUT2D eigenvalue weighted by molar-refractivity contribution is 6.64. The third-order valence-corrected chi connectivity index (χ3v) is 5.42. The first-order valence-corrected chi connectivity index (χ1v) is 8.75. The zero-order valence-electron chi connectivity index (χ0n) is 13.1. The number of nitrogens with zero attached hydrogens (tertiary/aromatic N) is 2. The molecule has 2 heterocycles. The molecule has 0 radical (unpaired) electrons. The molecule has 0 spiro atoms. The van der Waals surface area contributed by atoms with Gasteiger partial charge < -0.3 is 9.80 Å². The third-order valence-electron chi connectivity index (χ3n) is 4.81. The lowest BCUT2D eigenvalue weighted by molar-refractivity contribution is -0.120. The van der Waals surface area contributed by atoms with E-state index in [0.29, 0.717) is 11.6 Å². The Balaban J connectivity index is 1.77. The lowest BCUT2D eigenvalue weighted by Gasteiger charge is -2.33. The molecule has 1 aromatic carbocycles. The molecule has 2 aliphatic heterocycles. The fourth-order valence-electron chi connectivity index (χ4n) is 3.28. The summed E-state index contributed by atoms with van der Waals surface area (Å²) in [6.45, 7) is 4.62. The molecule has 0 aromatic heterocycles. The number of piperidine rings is 1. The van der Waals surface area contributed by atoms with Crippen LogP contribution in [0.2, 0.25) is 5.02 Å². The second-order valence-electron chi connectivity index (χ2n) is 6.51. The third kappa shape index (κ3) is 3.48. The molecular formula is C17H20Cl2N2O2. The van der Waals surface area contributed by atoms with Crippen LogP contribution in [0.25, 0.3) is 0 Å². The van der Waals surface area contributed by atoms with Gasteiger partial charge in [0, 0.05) is 31.7 Å². The summed E-state index contributed by atoms with van der Waals surface area (Å²) in [5.74, 6) is 0.252. The largest absolute Gasteiger partial charge is 0.370 e. The van der Waals surface area contributed by atoms with Crippen molar-refractivity contribution in [3.8, 4) is 0 Å². The van der Waals surface area contributed by atoms with Crippen molar-refractivity contribution in [2.24, 2.45) is 11.8 Å². The van der Waals surface area contributed by atoms with Crippen LogP contribution in [0.4, 0.5) is 11.4 Å². The molecule has 23 heavy (non-hydrogen) atoms. The maximum Gasteiger partial charge on any atom is 0.227 e. The monoisotopic (exact) mass is 354 g/mol. The molecule has 1 atom stereocenters. The summed E-state index contributed by atoms with van der Waals surface area (Å²) in [6, 6.07) is 5.68. The predicted octanol–water partition coefficient (Wildman–Crippen LogP) is 3.69. The molecular weight excluding hydrogens is 335 g/mol. The lowest BCUT2D eigenvalue weighted by atomic mass is 9.99. The van der Waals surface area contributed by atoms with Gasteiger partial charge in [-0.25, -0.2) is 0 Å². The Bertz CT molecular complexity index is 627. The Kier molecular flexibility index (Phi) is 4.83. The van der Waals surface area contributed by atoms with Gasteiger partial charge in [0.25, 0.3) is 0 Å². The zero-order chi connectivity index (χ0) is 16.6. The van der Waals surface area contributed by atoms with Gasteiger partial charge >= 0.3 is 0 Å². The van der Waals surface area contributed by atoms with E-state index in [-0.39, 0.29) is 12.3 Å². The van der Waals surface area contributed by atoms with Crippen LogP contribution < -0.4 is 9.80 Å². The molecule has 0 N–H and O–H groups in total. The van der Waals surface area contributed by atoms with Crippen molar-refractivity contribution in [2.45, 2.75) is 26.2 Å². The van der Waals surface area contributed by atoms with Gasteiger partial charge in [0.1, 0.15) is 0 Å². The second-order valence-corrected chi connectivity index (χ2v) is 7.29. The molecule has 0 unspecified atom stereocenters. The summed E-state index contributed by atoms with van der Waals surface area (Å²) in [4.78, 5) is 27.3. The number of hydrogen-bond acceptors (Lipinski definition) is 3. The van der Waals surface area contributed by atoms with Crippen molar-refractivity contribution in [1.29, 1.82) is 0 Å². The number of carbonyl (C=O) groups is 2. The number of rotatable bonds is 3. The highest BCUT2D eigenvalue weighted by Gasteiger charge is 2.34. The van der Waals surface area contributed by atoms with Crippen LogP contribution >= 0.6 is 23.2 Å². The molecule has 0 aliphatic carbocycles. The quantitative estimate of drug-likeness (QED) is 0.777. The van der Waals surface area contributed by atoms with Crippen LogP contribution in [0.1, 0.15) is 26.2 Å². The first-order chi connectivity index (χ1) is 11.0. The van der Waals surface area contributed by atoms with Gasteiger partial charge in [0.15, 0.2) is 0 Å². The van der Waals surface area contributed by atoms with Crippen LogP contribution in [-0.4, -0.2) is 30.8 Å². The Morgan fingerprint density at radius 1 is 1.26 bits per heavy atom. The van der Waals surface area contributed by atoms with Crippen LogP contribution in [0.15, 0.2) is 18.2 Å². The molecule has 3 rings (SSSR count). The minimum atomic E-state index is -0.453. The summed E-state index contributed by atoms with van der Waals surface area (Å²) >= 11 is 12.0. The van der Waals surface area contributed by atoms with E-state index < -0.39 is 11.2 Å². The van der Waals surface area contributed by atoms with E-state index in [0.717, 1.165) is 30.4 Å². The van der Waals surface area contributed by atoms with E-state index in [1.165, 1.54) is 12.8 Å². The smallest absolute Gasteiger partial charge is 0.227 e. The van der Waals surface area contributed by atoms with Gasteiger partial charge in [0.2, 0.25) is 11.1 Å². The van der Waals surface area contributed by atoms with Gasteiger partial charge in [-0.15, -0.1) is 0 Å². The predicted molar refractivity (Wildman–Crippen MR) is 93.4 cm³/mol. The molecule has 2 saturated heterocycles. The number of benzene rings is 1. The molecule has 6 heteroatoms. The first kappa shape index (κ1) is 16.6. The summed E-state index contributed by atoms with van der Waals surface area (Å²) < 4.78 is 0. The van der Waals surface area contributed by atoms with Crippen molar-refractivity contribution in [2.75, 3.05) is 29.4 Å². The van der Waals surface area contributed by atoms with Crippen molar-refractivity contribution in [3.63, 3.8) is 0 Å². The summed E-state index contributed by atoms with van der Waals surface area (Å²) in [5, 5.41) is 0.191. The minimum absolute atomic E-state index is 0.0837. The number of anilines is 2. The van der Waals surface area contributed by atoms with Crippen LogP contribution in [0.5, 0.6) is 0 Å². The fourth-order valence-corrected chi connectivity index (χ4v) is 3.72. The SMILES string of the molecule is CC1CCN(c2ccc(N3C[C@@H](C(=O)Cl)CC3=O)cc2Cl)CC1. The van der Waals surface area contributed by atoms with E-state index in [4.69, 9.17) is 23.2 Å². The molecule has 1 amide bonds. The van der Waals surface area contributed by atoms with Gasteiger partial charge in [-0.05, 0) is 48.6 Å². The maximum atomic E-state index is 12.1. The average molecular weight is 355 g/mol. The van der Waals surface area contributed by atoms with E-state index in [2.05, 4.69) is 11.8 Å². The van der Waals surface area contributed by atoms with Crippen LogP contribution in [0, 0.1) is 11.8 Å². The normalized spacial score (nSPS) is 22.7. The summed E-state index contributed by atoms with van der Waals surface area (Å²) in [6.07, 6.45) is 2.51. The molecule has 1 aromatic rings. The van der Waals surface area contributed by atoms with Crippen molar-refractivity contribution < 1.29 is 9.59 Å². The first-order valence-electron chi connectivity index (χ1n) is 8.00. The minimum Gasteiger partial charge on any atom is -0.370 e. The van der Waals surface area contributed by atoms with Crippen LogP contribution in [-0.2, 0) is 9.59 Å². The van der Waals surface area contributed by atoms with Crippen molar-refractivity contribution in [3.05, 3.63) is 23.2 Å². The average Bonchev–Trinajstić information content (AvgIpc) is 2.90. The van der Waals surface area contributed by atoms with Gasteiger partial charge in [-0.2, -0.15) is 0 Å². The standard InChI is InChI=1S/C17H20Cl2N2O2/c1-11-4-6-20(7-5-11)15-3-2-13(9-14(15)18)21-10-12(17(19)23)8-16(21)22/h2-3,9,11-12H,4-8,10H2,1H3/t12-/m0/s1. The number of hydrogen-bond donors (Lipinski definition) is 0. The summed E-state index contributed by atoms with van der Waals surface area (Å²) in [7, 11) is 0. The molecule has 0 saturated carbocycles. The Labute approximate surface area is 146 Å². The molecule has 2 fully saturated rings. The van der Waals surface area contributed by atoms with E-state index >= 15 is 0 Å². The highest BCUT2D eigenvalue weighted by Crippen LogP contribution is 2.35. The topological polar surface area (TPSA) is 40.6 Å². The van der Waals surface area contributed by atoms with E-state index in [1.807, 2.05) is 18.2 Å². The van der Waals surface area contributed by atoms with E-state index in [9.17, 15) is 9.59 Å². The number of amides is 1. The number of carbonyl (C=O) groups excluding carboxylic acids is 2. The zero-order valence-corrected chi connectivity index (χ0v) is 14.6. The Morgan fingerprint density at radius 2 is 1.96 bits per heavy atom. The molecule has 4 nitrogen and oxygen atoms in total. The van der Waals surface area contributed by atoms with Gasteiger partial charge in [-0.1, -0.05) is 18.5 Å². The molecule has 0 bridgehead atoms. The van der Waals surface area contributed by atoms with Gasteiger partial charge in [-0.3, -0.25) is 9.59 Å². The Hall–Kier alpha value is -1.26. The number of halogens is 2. The molecule has 124 valence electrons. The van der Waals surface area contributed by atoms with Gasteiger partial charge in [0.05, 0.1) is 16.6 Å². The maximum absolute atomic E-state index is 12.1. The Morgan fingerprint density at radius 3 is 2.52 bits per heavy atom. The second kappa shape index (κ2) is 6.70. The summed E-state index contributed by atoms with van der Waals surface area (Å²) in [5.41, 5.74) is 1.74. The van der Waals surface area contributed by atoms with Crippen molar-refractivity contribution >= 4 is 45.7 Å². The highest BCUT2D eigenvalue weighted by atomic mass is 35.5. The van der Waals surface area contributed by atoms with E-state index in [1.54, 1.807) is 4.90 Å². The van der Waals surface area contributed by atoms with Crippen LogP contribution in [0.3, 0.4) is 0 Å². The van der Waals surface area contributed by atoms with Crippen molar-refractivity contribution in [1.82, 2.24) is 0 Å².